The Labute approximate surface area is 136 Å². The van der Waals surface area contributed by atoms with Crippen LogP contribution in [0.1, 0.15) is 48.9 Å². The van der Waals surface area contributed by atoms with Crippen LogP contribution >= 0.6 is 0 Å². The van der Waals surface area contributed by atoms with E-state index in [2.05, 4.69) is 26.1 Å². The molecule has 6 nitrogen and oxygen atoms in total. The van der Waals surface area contributed by atoms with Crippen molar-refractivity contribution >= 4 is 5.82 Å². The van der Waals surface area contributed by atoms with E-state index in [1.807, 2.05) is 6.07 Å². The predicted octanol–water partition coefficient (Wildman–Crippen LogP) is 2.38. The first kappa shape index (κ1) is 14.6. The van der Waals surface area contributed by atoms with Gasteiger partial charge in [-0.15, -0.1) is 0 Å². The first-order valence-electron chi connectivity index (χ1n) is 8.52. The molecule has 1 aliphatic carbocycles. The first-order valence-corrected chi connectivity index (χ1v) is 8.52. The van der Waals surface area contributed by atoms with Crippen molar-refractivity contribution in [2.24, 2.45) is 5.92 Å². The molecular formula is C17H23N5O. The summed E-state index contributed by atoms with van der Waals surface area (Å²) in [4.78, 5) is 11.2. The number of likely N-dealkylation sites (tertiary alicyclic amines) is 1. The monoisotopic (exact) mass is 313 g/mol. The average Bonchev–Trinajstić information content (AvgIpc) is 3.32. The van der Waals surface area contributed by atoms with Crippen LogP contribution in [0.15, 0.2) is 22.9 Å². The van der Waals surface area contributed by atoms with Crippen molar-refractivity contribution in [2.75, 3.05) is 18.8 Å². The maximum Gasteiger partial charge on any atom is 0.229 e. The Kier molecular flexibility index (Phi) is 3.99. The minimum absolute atomic E-state index is 0.544. The largest absolute Gasteiger partial charge is 0.383 e. The van der Waals surface area contributed by atoms with Crippen LogP contribution in [-0.2, 0) is 13.0 Å². The fourth-order valence-corrected chi connectivity index (χ4v) is 3.28. The highest BCUT2D eigenvalue weighted by molar-refractivity contribution is 5.38. The molecule has 1 saturated carbocycles. The smallest absolute Gasteiger partial charge is 0.229 e. The summed E-state index contributed by atoms with van der Waals surface area (Å²) in [5.74, 6) is 3.59. The van der Waals surface area contributed by atoms with Gasteiger partial charge in [0.15, 0.2) is 5.82 Å². The number of hydrogen-bond acceptors (Lipinski definition) is 6. The van der Waals surface area contributed by atoms with Crippen molar-refractivity contribution in [1.29, 1.82) is 0 Å². The molecule has 3 heterocycles. The van der Waals surface area contributed by atoms with Crippen LogP contribution in [0.25, 0.3) is 0 Å². The molecule has 23 heavy (non-hydrogen) atoms. The fraction of sp³-hybridized carbons (Fsp3) is 0.588. The molecule has 2 aromatic heterocycles. The molecule has 4 rings (SSSR count). The van der Waals surface area contributed by atoms with Gasteiger partial charge >= 0.3 is 0 Å². The summed E-state index contributed by atoms with van der Waals surface area (Å²) in [7, 11) is 0. The Hall–Kier alpha value is -1.95. The molecule has 6 heteroatoms. The lowest BCUT2D eigenvalue weighted by Gasteiger charge is -2.31. The number of nitrogens with zero attached hydrogens (tertiary/aromatic N) is 4. The number of anilines is 1. The first-order chi connectivity index (χ1) is 11.3. The van der Waals surface area contributed by atoms with Crippen LogP contribution in [0.4, 0.5) is 5.82 Å². The third kappa shape index (κ3) is 3.52. The zero-order valence-electron chi connectivity index (χ0n) is 13.3. The van der Waals surface area contributed by atoms with Crippen LogP contribution in [-0.4, -0.2) is 33.1 Å². The van der Waals surface area contributed by atoms with Crippen LogP contribution in [0.5, 0.6) is 0 Å². The van der Waals surface area contributed by atoms with E-state index in [-0.39, 0.29) is 0 Å². The van der Waals surface area contributed by atoms with Crippen LogP contribution in [0.2, 0.25) is 0 Å². The second kappa shape index (κ2) is 6.28. The van der Waals surface area contributed by atoms with Crippen LogP contribution < -0.4 is 5.73 Å². The van der Waals surface area contributed by atoms with E-state index in [0.29, 0.717) is 17.7 Å². The summed E-state index contributed by atoms with van der Waals surface area (Å²) < 4.78 is 5.35. The van der Waals surface area contributed by atoms with Gasteiger partial charge in [-0.1, -0.05) is 11.2 Å². The number of pyridine rings is 1. The van der Waals surface area contributed by atoms with Crippen molar-refractivity contribution in [3.8, 4) is 0 Å². The fourth-order valence-electron chi connectivity index (χ4n) is 3.28. The number of aromatic nitrogens is 3. The zero-order valence-corrected chi connectivity index (χ0v) is 13.3. The molecule has 0 bridgehead atoms. The van der Waals surface area contributed by atoms with Gasteiger partial charge < -0.3 is 10.3 Å². The van der Waals surface area contributed by atoms with Gasteiger partial charge in [0.25, 0.3) is 0 Å². The summed E-state index contributed by atoms with van der Waals surface area (Å²) in [5, 5.41) is 4.15. The molecule has 2 aromatic rings. The van der Waals surface area contributed by atoms with E-state index < -0.39 is 0 Å². The number of hydrogen-bond donors (Lipinski definition) is 1. The van der Waals surface area contributed by atoms with Crippen molar-refractivity contribution in [3.63, 3.8) is 0 Å². The van der Waals surface area contributed by atoms with Crippen molar-refractivity contribution in [1.82, 2.24) is 20.0 Å². The van der Waals surface area contributed by atoms with E-state index in [4.69, 9.17) is 10.3 Å². The second-order valence-electron chi connectivity index (χ2n) is 6.79. The minimum Gasteiger partial charge on any atom is -0.383 e. The van der Waals surface area contributed by atoms with Gasteiger partial charge in [-0.2, -0.15) is 4.98 Å². The summed E-state index contributed by atoms with van der Waals surface area (Å²) in [5.41, 5.74) is 7.06. The molecule has 2 aliphatic rings. The van der Waals surface area contributed by atoms with E-state index >= 15 is 0 Å². The van der Waals surface area contributed by atoms with Gasteiger partial charge in [-0.25, -0.2) is 4.98 Å². The summed E-state index contributed by atoms with van der Waals surface area (Å²) in [6, 6.07) is 4.01. The lowest BCUT2D eigenvalue weighted by molar-refractivity contribution is 0.175. The van der Waals surface area contributed by atoms with Crippen molar-refractivity contribution in [2.45, 2.75) is 44.6 Å². The summed E-state index contributed by atoms with van der Waals surface area (Å²) >= 11 is 0. The van der Waals surface area contributed by atoms with Gasteiger partial charge in [-0.05, 0) is 50.8 Å². The lowest BCUT2D eigenvalue weighted by Crippen LogP contribution is -2.34. The number of rotatable bonds is 5. The molecule has 0 aromatic carbocycles. The van der Waals surface area contributed by atoms with E-state index in [1.54, 1.807) is 6.20 Å². The lowest BCUT2D eigenvalue weighted by atomic mass is 9.93. The highest BCUT2D eigenvalue weighted by Crippen LogP contribution is 2.39. The minimum atomic E-state index is 0.544. The zero-order chi connectivity index (χ0) is 15.6. The van der Waals surface area contributed by atoms with Crippen LogP contribution in [0.3, 0.4) is 0 Å². The third-order valence-electron chi connectivity index (χ3n) is 4.91. The topological polar surface area (TPSA) is 81.1 Å². The Balaban J connectivity index is 1.27. The Morgan fingerprint density at radius 1 is 1.22 bits per heavy atom. The van der Waals surface area contributed by atoms with Gasteiger partial charge in [0.05, 0.1) is 0 Å². The van der Waals surface area contributed by atoms with Gasteiger partial charge in [-0.3, -0.25) is 4.90 Å². The molecule has 2 N–H and O–H groups in total. The average molecular weight is 313 g/mol. The highest BCUT2D eigenvalue weighted by atomic mass is 16.5. The van der Waals surface area contributed by atoms with Gasteiger partial charge in [0, 0.05) is 30.6 Å². The SMILES string of the molecule is Nc1ncccc1CN1CCC(Cc2noc(C3CC3)n2)CC1. The van der Waals surface area contributed by atoms with Crippen LogP contribution in [0, 0.1) is 5.92 Å². The van der Waals surface area contributed by atoms with Gasteiger partial charge in [0.2, 0.25) is 5.89 Å². The Morgan fingerprint density at radius 2 is 2.04 bits per heavy atom. The maximum absolute atomic E-state index is 5.93. The van der Waals surface area contributed by atoms with E-state index in [1.165, 1.54) is 25.7 Å². The molecule has 2 fully saturated rings. The summed E-state index contributed by atoms with van der Waals surface area (Å²) in [6.45, 7) is 3.07. The molecule has 1 aliphatic heterocycles. The normalized spacial score (nSPS) is 20.0. The molecule has 0 radical (unpaired) electrons. The molecule has 122 valence electrons. The molecular weight excluding hydrogens is 290 g/mol. The quantitative estimate of drug-likeness (QED) is 0.912. The molecule has 0 unspecified atom stereocenters. The Morgan fingerprint density at radius 3 is 2.78 bits per heavy atom. The third-order valence-corrected chi connectivity index (χ3v) is 4.91. The molecule has 0 atom stereocenters. The van der Waals surface area contributed by atoms with E-state index in [9.17, 15) is 0 Å². The van der Waals surface area contributed by atoms with Gasteiger partial charge in [0.1, 0.15) is 5.82 Å². The molecule has 0 amide bonds. The predicted molar refractivity (Wildman–Crippen MR) is 86.6 cm³/mol. The second-order valence-corrected chi connectivity index (χ2v) is 6.79. The number of piperidine rings is 1. The Bertz CT molecular complexity index is 659. The van der Waals surface area contributed by atoms with E-state index in [0.717, 1.165) is 43.3 Å². The van der Waals surface area contributed by atoms with Crippen molar-refractivity contribution in [3.05, 3.63) is 35.6 Å². The highest BCUT2D eigenvalue weighted by Gasteiger charge is 2.30. The molecule has 1 saturated heterocycles. The number of nitrogens with two attached hydrogens (primary N) is 1. The van der Waals surface area contributed by atoms with Crippen molar-refractivity contribution < 1.29 is 4.52 Å². The molecule has 0 spiro atoms. The standard InChI is InChI=1S/C17H23N5O/c18-16-14(2-1-7-19-16)11-22-8-5-12(6-9-22)10-15-20-17(23-21-15)13-3-4-13/h1-2,7,12-13H,3-6,8-11H2,(H2,18,19). The maximum atomic E-state index is 5.93. The summed E-state index contributed by atoms with van der Waals surface area (Å²) in [6.07, 6.45) is 7.45. The number of nitrogen functional groups attached to an aromatic ring is 1.